The number of carbonyl (C=O) groups excluding carboxylic acids is 2. The van der Waals surface area contributed by atoms with Crippen LogP contribution in [-0.4, -0.2) is 23.9 Å². The molecule has 0 radical (unpaired) electrons. The SMILES string of the molecule is C=C(C)C(=O)CCC(N)=NCC(C)=O. The van der Waals surface area contributed by atoms with Crippen molar-refractivity contribution in [2.24, 2.45) is 10.7 Å². The van der Waals surface area contributed by atoms with E-state index in [1.165, 1.54) is 6.92 Å². The summed E-state index contributed by atoms with van der Waals surface area (Å²) in [7, 11) is 0. The maximum atomic E-state index is 11.1. The van der Waals surface area contributed by atoms with Gasteiger partial charge in [0, 0.05) is 12.8 Å². The second-order valence-corrected chi connectivity index (χ2v) is 3.21. The molecule has 2 N–H and O–H groups in total. The van der Waals surface area contributed by atoms with E-state index in [0.717, 1.165) is 0 Å². The van der Waals surface area contributed by atoms with Crippen LogP contribution in [-0.2, 0) is 9.59 Å². The Hall–Kier alpha value is -1.45. The van der Waals surface area contributed by atoms with Crippen LogP contribution in [0, 0.1) is 0 Å². The Morgan fingerprint density at radius 3 is 2.29 bits per heavy atom. The number of aliphatic imine (C=N–C) groups is 1. The van der Waals surface area contributed by atoms with E-state index in [2.05, 4.69) is 11.6 Å². The molecule has 4 heteroatoms. The van der Waals surface area contributed by atoms with Crippen molar-refractivity contribution in [2.75, 3.05) is 6.54 Å². The van der Waals surface area contributed by atoms with Gasteiger partial charge in [-0.05, 0) is 19.4 Å². The smallest absolute Gasteiger partial charge is 0.158 e. The van der Waals surface area contributed by atoms with Crippen LogP contribution in [0.5, 0.6) is 0 Å². The van der Waals surface area contributed by atoms with Crippen LogP contribution in [0.1, 0.15) is 26.7 Å². The number of ketones is 2. The van der Waals surface area contributed by atoms with E-state index in [1.54, 1.807) is 6.92 Å². The molecule has 0 saturated heterocycles. The topological polar surface area (TPSA) is 72.5 Å². The van der Waals surface area contributed by atoms with Crippen LogP contribution in [0.25, 0.3) is 0 Å². The first kappa shape index (κ1) is 12.6. The highest BCUT2D eigenvalue weighted by molar-refractivity contribution is 5.97. The number of carbonyl (C=O) groups is 2. The highest BCUT2D eigenvalue weighted by Crippen LogP contribution is 1.99. The summed E-state index contributed by atoms with van der Waals surface area (Å²) in [5.41, 5.74) is 6.00. The predicted octanol–water partition coefficient (Wildman–Crippen LogP) is 0.858. The molecule has 0 unspecified atom stereocenters. The first-order valence-corrected chi connectivity index (χ1v) is 4.40. The molecule has 0 aliphatic heterocycles. The summed E-state index contributed by atoms with van der Waals surface area (Å²) in [6.07, 6.45) is 0.696. The van der Waals surface area contributed by atoms with Crippen LogP contribution in [0.4, 0.5) is 0 Å². The molecule has 14 heavy (non-hydrogen) atoms. The molecule has 0 spiro atoms. The predicted molar refractivity (Wildman–Crippen MR) is 56.2 cm³/mol. The number of amidine groups is 1. The summed E-state index contributed by atoms with van der Waals surface area (Å²) < 4.78 is 0. The van der Waals surface area contributed by atoms with Crippen molar-refractivity contribution in [1.29, 1.82) is 0 Å². The Morgan fingerprint density at radius 1 is 1.29 bits per heavy atom. The number of hydrogen-bond acceptors (Lipinski definition) is 3. The molecule has 0 atom stereocenters. The van der Waals surface area contributed by atoms with E-state index in [4.69, 9.17) is 5.73 Å². The lowest BCUT2D eigenvalue weighted by atomic mass is 10.1. The highest BCUT2D eigenvalue weighted by Gasteiger charge is 2.03. The van der Waals surface area contributed by atoms with Gasteiger partial charge in [-0.15, -0.1) is 0 Å². The van der Waals surface area contributed by atoms with E-state index in [9.17, 15) is 9.59 Å². The van der Waals surface area contributed by atoms with Crippen molar-refractivity contribution in [3.05, 3.63) is 12.2 Å². The third-order valence-corrected chi connectivity index (χ3v) is 1.59. The summed E-state index contributed by atoms with van der Waals surface area (Å²) in [6.45, 7) is 6.71. The van der Waals surface area contributed by atoms with Crippen molar-refractivity contribution in [3.8, 4) is 0 Å². The van der Waals surface area contributed by atoms with Crippen LogP contribution in [0.2, 0.25) is 0 Å². The van der Waals surface area contributed by atoms with E-state index in [0.29, 0.717) is 24.3 Å². The van der Waals surface area contributed by atoms with Crippen LogP contribution < -0.4 is 5.73 Å². The minimum Gasteiger partial charge on any atom is -0.387 e. The Balaban J connectivity index is 3.90. The van der Waals surface area contributed by atoms with Gasteiger partial charge in [0.15, 0.2) is 11.6 Å². The fraction of sp³-hybridized carbons (Fsp3) is 0.500. The van der Waals surface area contributed by atoms with Gasteiger partial charge < -0.3 is 5.73 Å². The number of nitrogens with zero attached hydrogens (tertiary/aromatic N) is 1. The first-order valence-electron chi connectivity index (χ1n) is 4.40. The molecule has 0 fully saturated rings. The van der Waals surface area contributed by atoms with Crippen molar-refractivity contribution in [1.82, 2.24) is 0 Å². The van der Waals surface area contributed by atoms with Crippen molar-refractivity contribution in [3.63, 3.8) is 0 Å². The highest BCUT2D eigenvalue weighted by atomic mass is 16.1. The molecule has 4 nitrogen and oxygen atoms in total. The molecule has 0 amide bonds. The average molecular weight is 196 g/mol. The number of hydrogen-bond donors (Lipinski definition) is 1. The molecular formula is C10H16N2O2. The third-order valence-electron chi connectivity index (χ3n) is 1.59. The molecule has 0 aliphatic rings. The van der Waals surface area contributed by atoms with Crippen LogP contribution >= 0.6 is 0 Å². The largest absolute Gasteiger partial charge is 0.387 e. The van der Waals surface area contributed by atoms with Gasteiger partial charge in [0.2, 0.25) is 0 Å². The van der Waals surface area contributed by atoms with Crippen LogP contribution in [0.3, 0.4) is 0 Å². The Morgan fingerprint density at radius 2 is 1.86 bits per heavy atom. The van der Waals surface area contributed by atoms with Gasteiger partial charge in [0.05, 0.1) is 12.4 Å². The second-order valence-electron chi connectivity index (χ2n) is 3.21. The minimum atomic E-state index is -0.0424. The second kappa shape index (κ2) is 6.07. The van der Waals surface area contributed by atoms with Gasteiger partial charge in [0.25, 0.3) is 0 Å². The minimum absolute atomic E-state index is 0.0222. The normalized spacial score (nSPS) is 11.1. The van der Waals surface area contributed by atoms with E-state index in [1.807, 2.05) is 0 Å². The average Bonchev–Trinajstić information content (AvgIpc) is 2.10. The van der Waals surface area contributed by atoms with E-state index < -0.39 is 0 Å². The number of allylic oxidation sites excluding steroid dienone is 1. The number of nitrogens with two attached hydrogens (primary N) is 1. The maximum absolute atomic E-state index is 11.1. The summed E-state index contributed by atoms with van der Waals surface area (Å²) >= 11 is 0. The Bertz CT molecular complexity index is 280. The van der Waals surface area contributed by atoms with Gasteiger partial charge in [-0.3, -0.25) is 14.6 Å². The molecule has 78 valence electrons. The van der Waals surface area contributed by atoms with Gasteiger partial charge in [0.1, 0.15) is 0 Å². The first-order chi connectivity index (χ1) is 6.43. The van der Waals surface area contributed by atoms with Crippen molar-refractivity contribution in [2.45, 2.75) is 26.7 Å². The summed E-state index contributed by atoms with van der Waals surface area (Å²) in [5, 5.41) is 0. The fourth-order valence-electron chi connectivity index (χ4n) is 0.747. The molecule has 0 aromatic carbocycles. The molecule has 0 saturated carbocycles. The van der Waals surface area contributed by atoms with Gasteiger partial charge >= 0.3 is 0 Å². The molecule has 0 aliphatic carbocycles. The fourth-order valence-corrected chi connectivity index (χ4v) is 0.747. The molecule has 0 heterocycles. The van der Waals surface area contributed by atoms with Gasteiger partial charge in [-0.2, -0.15) is 0 Å². The molecule has 0 rings (SSSR count). The zero-order chi connectivity index (χ0) is 11.1. The van der Waals surface area contributed by atoms with Gasteiger partial charge in [-0.25, -0.2) is 0 Å². The Labute approximate surface area is 83.9 Å². The zero-order valence-electron chi connectivity index (χ0n) is 8.67. The lowest BCUT2D eigenvalue weighted by molar-refractivity contribution is -0.116. The monoisotopic (exact) mass is 196 g/mol. The van der Waals surface area contributed by atoms with Crippen LogP contribution in [0.15, 0.2) is 17.1 Å². The summed E-state index contributed by atoms with van der Waals surface area (Å²) in [4.78, 5) is 25.5. The van der Waals surface area contributed by atoms with Crippen molar-refractivity contribution >= 4 is 17.4 Å². The van der Waals surface area contributed by atoms with Crippen molar-refractivity contribution < 1.29 is 9.59 Å². The van der Waals surface area contributed by atoms with Gasteiger partial charge in [-0.1, -0.05) is 6.58 Å². The maximum Gasteiger partial charge on any atom is 0.158 e. The lowest BCUT2D eigenvalue weighted by Gasteiger charge is -1.99. The Kier molecular flexibility index (Phi) is 5.44. The number of Topliss-reactive ketones (excluding diaryl/α,β-unsaturated/α-hetero) is 2. The number of rotatable bonds is 6. The molecule has 0 aromatic heterocycles. The molecule has 0 aromatic rings. The molecule has 0 bridgehead atoms. The third kappa shape index (κ3) is 6.11. The summed E-state index contributed by atoms with van der Waals surface area (Å²) in [5.74, 6) is 0.278. The van der Waals surface area contributed by atoms with E-state index >= 15 is 0 Å². The van der Waals surface area contributed by atoms with E-state index in [-0.39, 0.29) is 18.1 Å². The quantitative estimate of drug-likeness (QED) is 0.389. The summed E-state index contributed by atoms with van der Waals surface area (Å²) in [6, 6.07) is 0. The standard InChI is InChI=1S/C10H16N2O2/c1-7(2)9(14)4-5-10(11)12-6-8(3)13/h1,4-6H2,2-3H3,(H2,11,12). The zero-order valence-corrected chi connectivity index (χ0v) is 8.67. The molecular weight excluding hydrogens is 180 g/mol. The lowest BCUT2D eigenvalue weighted by Crippen LogP contribution is -2.15.